The zero-order valence-electron chi connectivity index (χ0n) is 13.1. The van der Waals surface area contributed by atoms with Crippen LogP contribution in [0.5, 0.6) is 0 Å². The quantitative estimate of drug-likeness (QED) is 0.681. The molecule has 0 spiro atoms. The first kappa shape index (κ1) is 15.8. The molecule has 0 amide bonds. The van der Waals surface area contributed by atoms with E-state index in [9.17, 15) is 9.59 Å². The van der Waals surface area contributed by atoms with E-state index in [2.05, 4.69) is 20.8 Å². The van der Waals surface area contributed by atoms with Crippen LogP contribution >= 0.6 is 11.8 Å². The summed E-state index contributed by atoms with van der Waals surface area (Å²) in [6, 6.07) is 0. The molecule has 2 bridgehead atoms. The summed E-state index contributed by atoms with van der Waals surface area (Å²) in [4.78, 5) is 25.0. The van der Waals surface area contributed by atoms with Gasteiger partial charge in [0.25, 0.3) is 0 Å². The molecule has 2 atom stereocenters. The van der Waals surface area contributed by atoms with Crippen LogP contribution in [0.4, 0.5) is 0 Å². The van der Waals surface area contributed by atoms with Crippen LogP contribution in [-0.4, -0.2) is 17.3 Å². The van der Waals surface area contributed by atoms with Crippen LogP contribution in [0.15, 0.2) is 11.0 Å². The van der Waals surface area contributed by atoms with Crippen molar-refractivity contribution < 1.29 is 9.59 Å². The predicted molar refractivity (Wildman–Crippen MR) is 84.7 cm³/mol. The number of unbranched alkanes of at least 4 members (excludes halogenated alkanes) is 1. The number of carbonyl (C=O) groups is 2. The fraction of sp³-hybridized carbons (Fsp3) is 0.765. The summed E-state index contributed by atoms with van der Waals surface area (Å²) in [6.45, 7) is 8.24. The van der Waals surface area contributed by atoms with Gasteiger partial charge in [-0.05, 0) is 37.5 Å². The third-order valence-electron chi connectivity index (χ3n) is 5.58. The minimum Gasteiger partial charge on any atom is -0.299 e. The van der Waals surface area contributed by atoms with E-state index in [0.717, 1.165) is 36.3 Å². The Bertz CT molecular complexity index is 450. The van der Waals surface area contributed by atoms with Gasteiger partial charge in [-0.3, -0.25) is 9.59 Å². The molecule has 112 valence electrons. The van der Waals surface area contributed by atoms with Crippen LogP contribution in [0.25, 0.3) is 0 Å². The first-order valence-electron chi connectivity index (χ1n) is 7.72. The summed E-state index contributed by atoms with van der Waals surface area (Å²) in [7, 11) is 0. The van der Waals surface area contributed by atoms with E-state index in [0.29, 0.717) is 11.7 Å². The molecule has 2 saturated carbocycles. The van der Waals surface area contributed by atoms with Crippen molar-refractivity contribution in [1.82, 2.24) is 0 Å². The number of ketones is 2. The van der Waals surface area contributed by atoms with Crippen molar-refractivity contribution in [1.29, 1.82) is 0 Å². The molecule has 2 fully saturated rings. The number of thioether (sulfide) groups is 1. The van der Waals surface area contributed by atoms with Gasteiger partial charge in [0, 0.05) is 22.5 Å². The lowest BCUT2D eigenvalue weighted by atomic mass is 9.70. The number of carbonyl (C=O) groups excluding carboxylic acids is 2. The van der Waals surface area contributed by atoms with Crippen LogP contribution in [0.3, 0.4) is 0 Å². The molecular formula is C17H26O2S. The minimum absolute atomic E-state index is 0.101. The summed E-state index contributed by atoms with van der Waals surface area (Å²) in [5, 5.41) is 0. The van der Waals surface area contributed by atoms with Gasteiger partial charge < -0.3 is 0 Å². The summed E-state index contributed by atoms with van der Waals surface area (Å²) in [6.07, 6.45) is 6.97. The lowest BCUT2D eigenvalue weighted by molar-refractivity contribution is -0.128. The van der Waals surface area contributed by atoms with Gasteiger partial charge >= 0.3 is 0 Å². The number of rotatable bonds is 6. The average molecular weight is 294 g/mol. The molecule has 0 aromatic rings. The maximum Gasteiger partial charge on any atom is 0.165 e. The Morgan fingerprint density at radius 3 is 2.60 bits per heavy atom. The van der Waals surface area contributed by atoms with Crippen molar-refractivity contribution in [3.8, 4) is 0 Å². The predicted octanol–water partition coefficient (Wildman–Crippen LogP) is 4.39. The smallest absolute Gasteiger partial charge is 0.165 e. The Labute approximate surface area is 126 Å². The standard InChI is InChI=1S/C17H26O2S/c1-5-6-7-14(12(2)18)20-11-17-9-8-13(10-15(17)19)16(17,3)4/h7,13H,5-6,8-11H2,1-4H3/b14-7-/t13-,17+/m0/s1. The number of fused-ring (bicyclic) bond motifs is 2. The second-order valence-electron chi connectivity index (χ2n) is 6.87. The summed E-state index contributed by atoms with van der Waals surface area (Å²) >= 11 is 1.61. The van der Waals surface area contributed by atoms with Gasteiger partial charge in [0.2, 0.25) is 0 Å². The second-order valence-corrected chi connectivity index (χ2v) is 7.89. The maximum atomic E-state index is 12.5. The van der Waals surface area contributed by atoms with Gasteiger partial charge in [-0.15, -0.1) is 11.8 Å². The normalized spacial score (nSPS) is 31.9. The second kappa shape index (κ2) is 5.67. The third kappa shape index (κ3) is 2.38. The minimum atomic E-state index is -0.191. The molecule has 0 unspecified atom stereocenters. The Kier molecular flexibility index (Phi) is 4.48. The molecule has 2 nitrogen and oxygen atoms in total. The van der Waals surface area contributed by atoms with Crippen LogP contribution in [-0.2, 0) is 9.59 Å². The van der Waals surface area contributed by atoms with Crippen LogP contribution in [0.2, 0.25) is 0 Å². The van der Waals surface area contributed by atoms with Crippen LogP contribution in [0.1, 0.15) is 59.8 Å². The van der Waals surface area contributed by atoms with Crippen molar-refractivity contribution in [2.24, 2.45) is 16.7 Å². The highest BCUT2D eigenvalue weighted by molar-refractivity contribution is 8.04. The monoisotopic (exact) mass is 294 g/mol. The van der Waals surface area contributed by atoms with Gasteiger partial charge in [0.15, 0.2) is 5.78 Å². The zero-order chi connectivity index (χ0) is 15.0. The zero-order valence-corrected chi connectivity index (χ0v) is 13.9. The Morgan fingerprint density at radius 1 is 1.45 bits per heavy atom. The molecule has 2 aliphatic carbocycles. The van der Waals surface area contributed by atoms with Crippen LogP contribution < -0.4 is 0 Å². The van der Waals surface area contributed by atoms with E-state index in [-0.39, 0.29) is 16.6 Å². The van der Waals surface area contributed by atoms with E-state index in [4.69, 9.17) is 0 Å². The molecule has 0 radical (unpaired) electrons. The Morgan fingerprint density at radius 2 is 2.15 bits per heavy atom. The average Bonchev–Trinajstić information content (AvgIpc) is 2.72. The van der Waals surface area contributed by atoms with Gasteiger partial charge in [0.05, 0.1) is 0 Å². The summed E-state index contributed by atoms with van der Waals surface area (Å²) < 4.78 is 0. The highest BCUT2D eigenvalue weighted by atomic mass is 32.2. The molecule has 0 aliphatic heterocycles. The van der Waals surface area contributed by atoms with Crippen molar-refractivity contribution in [3.05, 3.63) is 11.0 Å². The Balaban J connectivity index is 2.13. The molecule has 0 N–H and O–H groups in total. The molecular weight excluding hydrogens is 268 g/mol. The fourth-order valence-corrected chi connectivity index (χ4v) is 5.41. The van der Waals surface area contributed by atoms with E-state index in [1.165, 1.54) is 6.42 Å². The van der Waals surface area contributed by atoms with Gasteiger partial charge in [-0.25, -0.2) is 0 Å². The summed E-state index contributed by atoms with van der Waals surface area (Å²) in [5.74, 6) is 1.91. The van der Waals surface area contributed by atoms with Crippen molar-refractivity contribution in [2.75, 3.05) is 5.75 Å². The van der Waals surface area contributed by atoms with E-state index in [1.807, 2.05) is 6.08 Å². The topological polar surface area (TPSA) is 34.1 Å². The lowest BCUT2D eigenvalue weighted by Gasteiger charge is -2.36. The summed E-state index contributed by atoms with van der Waals surface area (Å²) in [5.41, 5.74) is -0.0904. The van der Waals surface area contributed by atoms with Crippen molar-refractivity contribution >= 4 is 23.3 Å². The Hall–Kier alpha value is -0.570. The first-order valence-corrected chi connectivity index (χ1v) is 8.71. The highest BCUT2D eigenvalue weighted by Crippen LogP contribution is 2.65. The third-order valence-corrected chi connectivity index (χ3v) is 6.98. The molecule has 0 heterocycles. The van der Waals surface area contributed by atoms with Crippen molar-refractivity contribution in [3.63, 3.8) is 0 Å². The molecule has 0 aromatic heterocycles. The highest BCUT2D eigenvalue weighted by Gasteiger charge is 2.63. The van der Waals surface area contributed by atoms with Gasteiger partial charge in [0.1, 0.15) is 5.78 Å². The van der Waals surface area contributed by atoms with Crippen molar-refractivity contribution in [2.45, 2.75) is 59.8 Å². The molecule has 20 heavy (non-hydrogen) atoms. The van der Waals surface area contributed by atoms with E-state index in [1.54, 1.807) is 18.7 Å². The SMILES string of the molecule is CCC/C=C(\SC[C@]12CC[C@@H](CC1=O)C2(C)C)C(C)=O. The van der Waals surface area contributed by atoms with Crippen LogP contribution in [0, 0.1) is 16.7 Å². The fourth-order valence-electron chi connectivity index (χ4n) is 3.89. The number of allylic oxidation sites excluding steroid dienone is 2. The number of hydrogen-bond donors (Lipinski definition) is 0. The molecule has 2 aliphatic rings. The number of Topliss-reactive ketones (excluding diaryl/α,β-unsaturated/α-hetero) is 2. The largest absolute Gasteiger partial charge is 0.299 e. The lowest BCUT2D eigenvalue weighted by Crippen LogP contribution is -2.38. The van der Waals surface area contributed by atoms with Gasteiger partial charge in [-0.2, -0.15) is 0 Å². The molecule has 0 aromatic carbocycles. The van der Waals surface area contributed by atoms with E-state index < -0.39 is 0 Å². The van der Waals surface area contributed by atoms with E-state index >= 15 is 0 Å². The number of hydrogen-bond acceptors (Lipinski definition) is 3. The maximum absolute atomic E-state index is 12.5. The molecule has 0 saturated heterocycles. The van der Waals surface area contributed by atoms with Gasteiger partial charge in [-0.1, -0.05) is 33.3 Å². The molecule has 3 heteroatoms. The molecule has 2 rings (SSSR count). The first-order chi connectivity index (χ1) is 9.35.